The van der Waals surface area contributed by atoms with Crippen LogP contribution in [-0.4, -0.2) is 11.5 Å². The van der Waals surface area contributed by atoms with Crippen LogP contribution < -0.4 is 5.32 Å². The summed E-state index contributed by atoms with van der Waals surface area (Å²) in [5.41, 5.74) is 2.90. The molecule has 2 aliphatic rings. The average molecular weight is 345 g/mol. The van der Waals surface area contributed by atoms with Crippen LogP contribution in [0.3, 0.4) is 0 Å². The van der Waals surface area contributed by atoms with Crippen molar-refractivity contribution in [2.24, 2.45) is 5.92 Å². The maximum absolute atomic E-state index is 11.1. The number of nitro benzene ring substituents is 1. The first-order valence-corrected chi connectivity index (χ1v) is 8.44. The highest BCUT2D eigenvalue weighted by Crippen LogP contribution is 2.50. The Kier molecular flexibility index (Phi) is 3.90. The number of ether oxygens (including phenoxy) is 1. The monoisotopic (exact) mass is 344 g/mol. The predicted molar refractivity (Wildman–Crippen MR) is 92.3 cm³/mol. The summed E-state index contributed by atoms with van der Waals surface area (Å²) in [4.78, 5) is 10.7. The van der Waals surface area contributed by atoms with Gasteiger partial charge in [-0.25, -0.2) is 0 Å². The molecule has 0 bridgehead atoms. The molecule has 2 aliphatic heterocycles. The van der Waals surface area contributed by atoms with Crippen LogP contribution >= 0.6 is 11.6 Å². The quantitative estimate of drug-likeness (QED) is 0.622. The second kappa shape index (κ2) is 6.07. The van der Waals surface area contributed by atoms with E-state index in [4.69, 9.17) is 16.3 Å². The summed E-state index contributed by atoms with van der Waals surface area (Å²) in [6.45, 7) is 0.679. The number of benzene rings is 2. The predicted octanol–water partition coefficient (Wildman–Crippen LogP) is 4.88. The first-order valence-electron chi connectivity index (χ1n) is 8.06. The van der Waals surface area contributed by atoms with E-state index in [0.717, 1.165) is 34.7 Å². The molecule has 1 saturated heterocycles. The summed E-state index contributed by atoms with van der Waals surface area (Å²) in [7, 11) is 0. The van der Waals surface area contributed by atoms with Crippen molar-refractivity contribution in [2.45, 2.75) is 25.0 Å². The molecule has 2 heterocycles. The Balaban J connectivity index is 1.80. The summed E-state index contributed by atoms with van der Waals surface area (Å²) in [6.07, 6.45) is 1.83. The molecule has 0 radical (unpaired) electrons. The van der Waals surface area contributed by atoms with Gasteiger partial charge in [-0.1, -0.05) is 29.8 Å². The highest BCUT2D eigenvalue weighted by molar-refractivity contribution is 6.31. The van der Waals surface area contributed by atoms with Gasteiger partial charge in [-0.15, -0.1) is 0 Å². The lowest BCUT2D eigenvalue weighted by molar-refractivity contribution is -0.385. The van der Waals surface area contributed by atoms with Crippen LogP contribution in [-0.2, 0) is 4.74 Å². The standard InChI is InChI=1S/C18H17ClN2O3/c19-15-6-2-1-4-12(15)17-13-5-3-9-24-18(13)14-10-11(21(22)23)7-8-16(14)20-17/h1-2,4,6-8,10,13,17-18,20H,3,5,9H2/t13-,17+,18-/m1/s1. The Hall–Kier alpha value is -2.11. The van der Waals surface area contributed by atoms with Crippen LogP contribution in [0.25, 0.3) is 0 Å². The third kappa shape index (κ3) is 2.54. The molecule has 6 heteroatoms. The van der Waals surface area contributed by atoms with E-state index >= 15 is 0 Å². The maximum Gasteiger partial charge on any atom is 0.269 e. The van der Waals surface area contributed by atoms with Crippen LogP contribution in [0.5, 0.6) is 0 Å². The zero-order valence-corrected chi connectivity index (χ0v) is 13.7. The van der Waals surface area contributed by atoms with Crippen molar-refractivity contribution in [1.82, 2.24) is 0 Å². The molecule has 3 atom stereocenters. The zero-order chi connectivity index (χ0) is 16.7. The van der Waals surface area contributed by atoms with Gasteiger partial charge < -0.3 is 10.1 Å². The van der Waals surface area contributed by atoms with E-state index in [1.54, 1.807) is 12.1 Å². The third-order valence-corrected chi connectivity index (χ3v) is 5.24. The Morgan fingerprint density at radius 3 is 2.83 bits per heavy atom. The Morgan fingerprint density at radius 2 is 2.04 bits per heavy atom. The summed E-state index contributed by atoms with van der Waals surface area (Å²) in [5.74, 6) is 0.202. The molecule has 24 heavy (non-hydrogen) atoms. The Bertz CT molecular complexity index is 796. The van der Waals surface area contributed by atoms with Gasteiger partial charge in [0.05, 0.1) is 17.1 Å². The fourth-order valence-corrected chi connectivity index (χ4v) is 4.06. The number of anilines is 1. The average Bonchev–Trinajstić information content (AvgIpc) is 2.61. The van der Waals surface area contributed by atoms with E-state index < -0.39 is 0 Å². The summed E-state index contributed by atoms with van der Waals surface area (Å²) >= 11 is 6.41. The van der Waals surface area contributed by atoms with E-state index in [0.29, 0.717) is 6.61 Å². The van der Waals surface area contributed by atoms with E-state index in [9.17, 15) is 10.1 Å². The Morgan fingerprint density at radius 1 is 1.21 bits per heavy atom. The molecule has 0 aliphatic carbocycles. The van der Waals surface area contributed by atoms with Crippen molar-refractivity contribution in [3.05, 3.63) is 68.7 Å². The molecular formula is C18H17ClN2O3. The molecule has 2 aromatic carbocycles. The minimum Gasteiger partial charge on any atom is -0.377 e. The molecular weight excluding hydrogens is 328 g/mol. The number of nitrogens with zero attached hydrogens (tertiary/aromatic N) is 1. The maximum atomic E-state index is 11.1. The van der Waals surface area contributed by atoms with Crippen molar-refractivity contribution in [1.29, 1.82) is 0 Å². The number of non-ortho nitro benzene ring substituents is 1. The normalized spacial score (nSPS) is 25.3. The fourth-order valence-electron chi connectivity index (χ4n) is 3.81. The molecule has 0 aromatic heterocycles. The van der Waals surface area contributed by atoms with Crippen LogP contribution in [0, 0.1) is 16.0 Å². The highest BCUT2D eigenvalue weighted by Gasteiger charge is 2.41. The Labute approximate surface area is 144 Å². The van der Waals surface area contributed by atoms with Gasteiger partial charge in [0.15, 0.2) is 0 Å². The van der Waals surface area contributed by atoms with Crippen molar-refractivity contribution in [3.63, 3.8) is 0 Å². The van der Waals surface area contributed by atoms with Crippen molar-refractivity contribution >= 4 is 23.0 Å². The fraction of sp³-hybridized carbons (Fsp3) is 0.333. The lowest BCUT2D eigenvalue weighted by atomic mass is 9.77. The molecule has 5 nitrogen and oxygen atoms in total. The minimum atomic E-state index is -0.363. The van der Waals surface area contributed by atoms with Gasteiger partial charge in [0.2, 0.25) is 0 Å². The van der Waals surface area contributed by atoms with Crippen LogP contribution in [0.15, 0.2) is 42.5 Å². The van der Waals surface area contributed by atoms with Gasteiger partial charge in [0.1, 0.15) is 0 Å². The van der Waals surface area contributed by atoms with Gasteiger partial charge in [-0.05, 0) is 30.5 Å². The first kappa shape index (κ1) is 15.4. The SMILES string of the molecule is O=[N+]([O-])c1ccc2c(c1)[C@@H]1OCCC[C@@H]1[C@H](c1ccccc1Cl)N2. The zero-order valence-electron chi connectivity index (χ0n) is 12.9. The van der Waals surface area contributed by atoms with E-state index in [1.165, 1.54) is 6.07 Å². The second-order valence-corrected chi connectivity index (χ2v) is 6.68. The molecule has 0 spiro atoms. The molecule has 1 fully saturated rings. The number of halogens is 1. The number of nitrogens with one attached hydrogen (secondary N) is 1. The molecule has 4 rings (SSSR count). The largest absolute Gasteiger partial charge is 0.377 e. The molecule has 2 aromatic rings. The van der Waals surface area contributed by atoms with E-state index in [1.807, 2.05) is 24.3 Å². The molecule has 124 valence electrons. The number of rotatable bonds is 2. The van der Waals surface area contributed by atoms with Crippen LogP contribution in [0.2, 0.25) is 5.02 Å². The number of fused-ring (bicyclic) bond motifs is 3. The van der Waals surface area contributed by atoms with E-state index in [2.05, 4.69) is 5.32 Å². The number of hydrogen-bond donors (Lipinski definition) is 1. The van der Waals surface area contributed by atoms with Crippen molar-refractivity contribution in [3.8, 4) is 0 Å². The van der Waals surface area contributed by atoms with Gasteiger partial charge in [-0.3, -0.25) is 10.1 Å². The topological polar surface area (TPSA) is 64.4 Å². The van der Waals surface area contributed by atoms with Gasteiger partial charge >= 0.3 is 0 Å². The van der Waals surface area contributed by atoms with Crippen LogP contribution in [0.4, 0.5) is 11.4 Å². The van der Waals surface area contributed by atoms with Gasteiger partial charge in [-0.2, -0.15) is 0 Å². The second-order valence-electron chi connectivity index (χ2n) is 6.27. The van der Waals surface area contributed by atoms with Crippen molar-refractivity contribution in [2.75, 3.05) is 11.9 Å². The summed E-state index contributed by atoms with van der Waals surface area (Å²) in [6, 6.07) is 12.8. The lowest BCUT2D eigenvalue weighted by Crippen LogP contribution is -2.36. The van der Waals surface area contributed by atoms with Crippen molar-refractivity contribution < 1.29 is 9.66 Å². The molecule has 0 unspecified atom stereocenters. The number of hydrogen-bond acceptors (Lipinski definition) is 4. The smallest absolute Gasteiger partial charge is 0.269 e. The molecule has 0 saturated carbocycles. The minimum absolute atomic E-state index is 0.0398. The number of nitro groups is 1. The van der Waals surface area contributed by atoms with Gasteiger partial charge in [0, 0.05) is 40.9 Å². The summed E-state index contributed by atoms with van der Waals surface area (Å²) < 4.78 is 6.03. The lowest BCUT2D eigenvalue weighted by Gasteiger charge is -2.43. The first-order chi connectivity index (χ1) is 11.6. The highest BCUT2D eigenvalue weighted by atomic mass is 35.5. The molecule has 1 N–H and O–H groups in total. The van der Waals surface area contributed by atoms with E-state index in [-0.39, 0.29) is 28.7 Å². The van der Waals surface area contributed by atoms with Gasteiger partial charge in [0.25, 0.3) is 5.69 Å². The van der Waals surface area contributed by atoms with Crippen LogP contribution in [0.1, 0.15) is 36.1 Å². The third-order valence-electron chi connectivity index (χ3n) is 4.90. The summed E-state index contributed by atoms with van der Waals surface area (Å²) in [5, 5.41) is 15.4. The molecule has 0 amide bonds.